The minimum atomic E-state index is -1.24. The highest BCUT2D eigenvalue weighted by atomic mass is 127. The molecular formula is C28H31Cl2IN2O7. The summed E-state index contributed by atoms with van der Waals surface area (Å²) >= 11 is 14.5. The fourth-order valence-electron chi connectivity index (χ4n) is 4.42. The zero-order valence-corrected chi connectivity index (χ0v) is 25.7. The Labute approximate surface area is 256 Å². The van der Waals surface area contributed by atoms with Crippen molar-refractivity contribution < 1.29 is 34.1 Å². The molecule has 3 unspecified atom stereocenters. The monoisotopic (exact) mass is 704 g/mol. The Hall–Kier alpha value is -2.38. The van der Waals surface area contributed by atoms with Crippen molar-refractivity contribution >= 4 is 63.9 Å². The number of aldehydes is 1. The van der Waals surface area contributed by atoms with Crippen LogP contribution in [0.3, 0.4) is 0 Å². The zero-order valence-electron chi connectivity index (χ0n) is 22.0. The van der Waals surface area contributed by atoms with Gasteiger partial charge in [0.15, 0.2) is 11.5 Å². The highest BCUT2D eigenvalue weighted by Crippen LogP contribution is 2.37. The maximum atomic E-state index is 13.4. The van der Waals surface area contributed by atoms with Gasteiger partial charge in [-0.05, 0) is 64.9 Å². The Morgan fingerprint density at radius 1 is 1.25 bits per heavy atom. The number of benzene rings is 2. The Balaban J connectivity index is 2.06. The van der Waals surface area contributed by atoms with Gasteiger partial charge in [0.2, 0.25) is 11.8 Å². The molecule has 0 heterocycles. The van der Waals surface area contributed by atoms with E-state index in [0.717, 1.165) is 0 Å². The van der Waals surface area contributed by atoms with E-state index in [1.807, 2.05) is 29.5 Å². The smallest absolute Gasteiger partial charge is 0.247 e. The highest BCUT2D eigenvalue weighted by Gasteiger charge is 2.41. The maximum Gasteiger partial charge on any atom is 0.247 e. The van der Waals surface area contributed by atoms with Crippen molar-refractivity contribution in [1.82, 2.24) is 10.2 Å². The van der Waals surface area contributed by atoms with E-state index in [1.54, 1.807) is 24.3 Å². The number of aliphatic hydroxyl groups excluding tert-OH is 2. The van der Waals surface area contributed by atoms with Crippen LogP contribution in [-0.4, -0.2) is 71.7 Å². The Kier molecular flexibility index (Phi) is 12.1. The molecule has 0 radical (unpaired) electrons. The number of amides is 2. The summed E-state index contributed by atoms with van der Waals surface area (Å²) < 4.78 is 12.2. The molecule has 0 saturated heterocycles. The first-order chi connectivity index (χ1) is 19.1. The molecule has 3 N–H and O–H groups in total. The number of methoxy groups -OCH3 is 1. The van der Waals surface area contributed by atoms with E-state index in [-0.39, 0.29) is 55.5 Å². The summed E-state index contributed by atoms with van der Waals surface area (Å²) in [5.41, 5.74) is 1.29. The molecule has 40 heavy (non-hydrogen) atoms. The predicted octanol–water partition coefficient (Wildman–Crippen LogP) is 4.16. The summed E-state index contributed by atoms with van der Waals surface area (Å²) in [6.45, 7) is 1.73. The van der Waals surface area contributed by atoms with Crippen LogP contribution >= 0.6 is 45.8 Å². The second-order valence-electron chi connectivity index (χ2n) is 9.18. The van der Waals surface area contributed by atoms with Crippen molar-refractivity contribution in [1.29, 1.82) is 0 Å². The summed E-state index contributed by atoms with van der Waals surface area (Å²) in [6.07, 6.45) is 0.719. The lowest BCUT2D eigenvalue weighted by atomic mass is 9.87. The average molecular weight is 705 g/mol. The van der Waals surface area contributed by atoms with E-state index >= 15 is 0 Å². The normalized spacial score (nSPS) is 18.5. The lowest BCUT2D eigenvalue weighted by Gasteiger charge is -2.41. The zero-order chi connectivity index (χ0) is 29.4. The summed E-state index contributed by atoms with van der Waals surface area (Å²) in [5.74, 6) is -0.132. The highest BCUT2D eigenvalue weighted by molar-refractivity contribution is 14.1. The van der Waals surface area contributed by atoms with Crippen LogP contribution in [0.5, 0.6) is 11.5 Å². The molecule has 0 fully saturated rings. The van der Waals surface area contributed by atoms with E-state index in [9.17, 15) is 24.6 Å². The first-order valence-electron chi connectivity index (χ1n) is 12.6. The first-order valence-corrected chi connectivity index (χ1v) is 14.5. The third-order valence-corrected chi connectivity index (χ3v) is 7.78. The molecule has 0 saturated carbocycles. The largest absolute Gasteiger partial charge is 0.493 e. The first kappa shape index (κ1) is 32.1. The molecule has 0 spiro atoms. The molecule has 0 aromatic heterocycles. The number of rotatable bonds is 12. The van der Waals surface area contributed by atoms with Crippen molar-refractivity contribution in [3.8, 4) is 11.5 Å². The minimum absolute atomic E-state index is 0.0344. The SMILES string of the molecule is CCCC(=O)N(Cc1ccc(Cl)cc1Cl)C1CC(C(=O)NCCO)=CC(Oc2c(I)cc(C=O)cc2OC)C1O. The number of carbonyl (C=O) groups is 3. The second kappa shape index (κ2) is 15.0. The van der Waals surface area contributed by atoms with Gasteiger partial charge in [0.05, 0.1) is 23.3 Å². The molecule has 2 aromatic rings. The summed E-state index contributed by atoms with van der Waals surface area (Å²) in [5, 5.41) is 24.3. The third-order valence-electron chi connectivity index (χ3n) is 6.40. The fourth-order valence-corrected chi connectivity index (χ4v) is 5.64. The van der Waals surface area contributed by atoms with Gasteiger partial charge in [-0.15, -0.1) is 0 Å². The Morgan fingerprint density at radius 3 is 2.62 bits per heavy atom. The minimum Gasteiger partial charge on any atom is -0.493 e. The van der Waals surface area contributed by atoms with Crippen LogP contribution in [0.15, 0.2) is 42.0 Å². The van der Waals surface area contributed by atoms with Crippen LogP contribution in [0.2, 0.25) is 10.0 Å². The Morgan fingerprint density at radius 2 is 2.00 bits per heavy atom. The van der Waals surface area contributed by atoms with E-state index in [0.29, 0.717) is 37.4 Å². The average Bonchev–Trinajstić information content (AvgIpc) is 2.93. The van der Waals surface area contributed by atoms with Crippen molar-refractivity contribution in [2.45, 2.75) is 51.0 Å². The number of carbonyl (C=O) groups excluding carboxylic acids is 3. The number of hydrogen-bond acceptors (Lipinski definition) is 7. The van der Waals surface area contributed by atoms with Crippen molar-refractivity contribution in [2.24, 2.45) is 0 Å². The standard InChI is InChI=1S/C28H31Cl2IN2O7/c1-3-4-25(36)33(14-17-5-6-19(29)13-20(17)30)22-11-18(28(38)32-7-8-34)12-23(26(22)37)40-27-21(31)9-16(15-35)10-24(27)39-2/h5-6,9-10,12-13,15,22-23,26,34,37H,3-4,7-8,11,14H2,1-2H3,(H,32,38). The van der Waals surface area contributed by atoms with Crippen LogP contribution < -0.4 is 14.8 Å². The summed E-state index contributed by atoms with van der Waals surface area (Å²) in [6, 6.07) is 7.22. The summed E-state index contributed by atoms with van der Waals surface area (Å²) in [7, 11) is 1.43. The molecule has 216 valence electrons. The molecule has 2 amide bonds. The van der Waals surface area contributed by atoms with E-state index in [4.69, 9.17) is 32.7 Å². The number of nitrogens with one attached hydrogen (secondary N) is 1. The molecule has 0 bridgehead atoms. The van der Waals surface area contributed by atoms with Gasteiger partial charge >= 0.3 is 0 Å². The van der Waals surface area contributed by atoms with Gasteiger partial charge in [-0.1, -0.05) is 36.2 Å². The molecule has 0 aliphatic heterocycles. The number of halogens is 3. The predicted molar refractivity (Wildman–Crippen MR) is 160 cm³/mol. The molecule has 1 aliphatic rings. The summed E-state index contributed by atoms with van der Waals surface area (Å²) in [4.78, 5) is 39.3. The topological polar surface area (TPSA) is 125 Å². The number of aliphatic hydroxyl groups is 2. The molecule has 9 nitrogen and oxygen atoms in total. The number of ether oxygens (including phenoxy) is 2. The van der Waals surface area contributed by atoms with Crippen LogP contribution in [0.25, 0.3) is 0 Å². The molecule has 3 rings (SSSR count). The van der Waals surface area contributed by atoms with Crippen molar-refractivity contribution in [2.75, 3.05) is 20.3 Å². The molecule has 3 atom stereocenters. The van der Waals surface area contributed by atoms with Crippen LogP contribution in [0.1, 0.15) is 42.1 Å². The van der Waals surface area contributed by atoms with Gasteiger partial charge in [-0.3, -0.25) is 14.4 Å². The quantitative estimate of drug-likeness (QED) is 0.224. The van der Waals surface area contributed by atoms with Crippen molar-refractivity contribution in [3.63, 3.8) is 0 Å². The number of nitrogens with zero attached hydrogens (tertiary/aromatic N) is 1. The third kappa shape index (κ3) is 7.88. The second-order valence-corrected chi connectivity index (χ2v) is 11.2. The fraction of sp³-hybridized carbons (Fsp3) is 0.393. The van der Waals surface area contributed by atoms with Crippen LogP contribution in [0.4, 0.5) is 0 Å². The van der Waals surface area contributed by atoms with Gasteiger partial charge in [0.25, 0.3) is 0 Å². The van der Waals surface area contributed by atoms with Gasteiger partial charge < -0.3 is 29.9 Å². The lowest BCUT2D eigenvalue weighted by molar-refractivity contribution is -0.139. The van der Waals surface area contributed by atoms with E-state index in [1.165, 1.54) is 24.2 Å². The van der Waals surface area contributed by atoms with Gasteiger partial charge in [-0.25, -0.2) is 0 Å². The van der Waals surface area contributed by atoms with Crippen molar-refractivity contribution in [3.05, 3.63) is 66.7 Å². The lowest BCUT2D eigenvalue weighted by Crippen LogP contribution is -2.54. The maximum absolute atomic E-state index is 13.4. The van der Waals surface area contributed by atoms with Crippen LogP contribution in [-0.2, 0) is 16.1 Å². The van der Waals surface area contributed by atoms with E-state index < -0.39 is 24.2 Å². The molecular weight excluding hydrogens is 674 g/mol. The molecule has 1 aliphatic carbocycles. The van der Waals surface area contributed by atoms with Gasteiger partial charge in [-0.2, -0.15) is 0 Å². The molecule has 2 aromatic carbocycles. The van der Waals surface area contributed by atoms with Crippen LogP contribution in [0, 0.1) is 3.57 Å². The molecule has 12 heteroatoms. The van der Waals surface area contributed by atoms with Gasteiger partial charge in [0, 0.05) is 47.1 Å². The Bertz CT molecular complexity index is 1270. The number of hydrogen-bond donors (Lipinski definition) is 3. The van der Waals surface area contributed by atoms with Gasteiger partial charge in [0.1, 0.15) is 18.5 Å². The van der Waals surface area contributed by atoms with E-state index in [2.05, 4.69) is 5.32 Å².